The molecule has 0 spiro atoms. The van der Waals surface area contributed by atoms with Gasteiger partial charge in [0.15, 0.2) is 0 Å². The Kier molecular flexibility index (Phi) is 3.35. The lowest BCUT2D eigenvalue weighted by Gasteiger charge is -2.09. The van der Waals surface area contributed by atoms with Gasteiger partial charge in [-0.25, -0.2) is 0 Å². The number of aromatic nitrogens is 1. The fourth-order valence-corrected chi connectivity index (χ4v) is 1.65. The van der Waals surface area contributed by atoms with Crippen molar-refractivity contribution in [1.29, 1.82) is 0 Å². The Morgan fingerprint density at radius 3 is 2.94 bits per heavy atom. The van der Waals surface area contributed by atoms with Crippen LogP contribution in [-0.4, -0.2) is 16.9 Å². The van der Waals surface area contributed by atoms with E-state index in [1.54, 1.807) is 13.1 Å². The zero-order valence-corrected chi connectivity index (χ0v) is 9.68. The number of hydrogen-bond donors (Lipinski definition) is 2. The second-order valence-electron chi connectivity index (χ2n) is 4.00. The lowest BCUT2D eigenvalue weighted by molar-refractivity contribution is -0.122. The normalized spacial score (nSPS) is 12.4. The Balaban J connectivity index is 2.21. The van der Waals surface area contributed by atoms with Crippen LogP contribution in [0.5, 0.6) is 0 Å². The van der Waals surface area contributed by atoms with Gasteiger partial charge in [0.1, 0.15) is 0 Å². The molecule has 1 aromatic carbocycles. The number of nitrogens with one attached hydrogen (secondary N) is 1. The summed E-state index contributed by atoms with van der Waals surface area (Å²) in [6.45, 7) is 2.12. The van der Waals surface area contributed by atoms with Crippen molar-refractivity contribution in [3.05, 3.63) is 42.1 Å². The number of benzene rings is 1. The summed E-state index contributed by atoms with van der Waals surface area (Å²) in [7, 11) is 0. The summed E-state index contributed by atoms with van der Waals surface area (Å²) in [6.07, 6.45) is 1.75. The summed E-state index contributed by atoms with van der Waals surface area (Å²) in [4.78, 5) is 15.7. The molecule has 4 heteroatoms. The molecule has 0 aliphatic rings. The minimum Gasteiger partial charge on any atom is -0.351 e. The molecule has 1 atom stereocenters. The fourth-order valence-electron chi connectivity index (χ4n) is 1.65. The standard InChI is InChI=1S/C13H15N3O/c1-9(14)13(17)16-8-11-5-2-4-10-6-3-7-15-12(10)11/h2-7,9H,8,14H2,1H3,(H,16,17)/t9-/m1/s1. The molecular weight excluding hydrogens is 214 g/mol. The van der Waals surface area contributed by atoms with Gasteiger partial charge in [-0.3, -0.25) is 9.78 Å². The van der Waals surface area contributed by atoms with E-state index in [0.717, 1.165) is 16.5 Å². The maximum absolute atomic E-state index is 11.4. The average Bonchev–Trinajstić information content (AvgIpc) is 2.35. The van der Waals surface area contributed by atoms with Crippen LogP contribution < -0.4 is 11.1 Å². The number of nitrogens with two attached hydrogens (primary N) is 1. The van der Waals surface area contributed by atoms with E-state index >= 15 is 0 Å². The molecule has 3 N–H and O–H groups in total. The van der Waals surface area contributed by atoms with Crippen LogP contribution in [0.1, 0.15) is 12.5 Å². The third kappa shape index (κ3) is 2.60. The predicted molar refractivity (Wildman–Crippen MR) is 67.2 cm³/mol. The van der Waals surface area contributed by atoms with Gasteiger partial charge >= 0.3 is 0 Å². The molecule has 0 fully saturated rings. The minimum atomic E-state index is -0.488. The number of carbonyl (C=O) groups excluding carboxylic acids is 1. The summed E-state index contributed by atoms with van der Waals surface area (Å²) in [5, 5.41) is 3.86. The van der Waals surface area contributed by atoms with Gasteiger partial charge in [0.2, 0.25) is 5.91 Å². The summed E-state index contributed by atoms with van der Waals surface area (Å²) in [5.41, 5.74) is 7.40. The van der Waals surface area contributed by atoms with Crippen LogP contribution in [0.4, 0.5) is 0 Å². The second-order valence-corrected chi connectivity index (χ2v) is 4.00. The Morgan fingerprint density at radius 2 is 2.18 bits per heavy atom. The van der Waals surface area contributed by atoms with Crippen molar-refractivity contribution in [3.63, 3.8) is 0 Å². The van der Waals surface area contributed by atoms with Gasteiger partial charge in [-0.15, -0.1) is 0 Å². The van der Waals surface area contributed by atoms with Crippen LogP contribution in [0.15, 0.2) is 36.5 Å². The van der Waals surface area contributed by atoms with Gasteiger partial charge < -0.3 is 11.1 Å². The lowest BCUT2D eigenvalue weighted by Crippen LogP contribution is -2.37. The number of pyridine rings is 1. The molecule has 0 saturated carbocycles. The number of hydrogen-bond acceptors (Lipinski definition) is 3. The van der Waals surface area contributed by atoms with Crippen molar-refractivity contribution < 1.29 is 4.79 Å². The number of amides is 1. The summed E-state index contributed by atoms with van der Waals surface area (Å²) >= 11 is 0. The van der Waals surface area contributed by atoms with Gasteiger partial charge in [0.25, 0.3) is 0 Å². The monoisotopic (exact) mass is 229 g/mol. The van der Waals surface area contributed by atoms with E-state index in [2.05, 4.69) is 10.3 Å². The average molecular weight is 229 g/mol. The van der Waals surface area contributed by atoms with E-state index < -0.39 is 6.04 Å². The highest BCUT2D eigenvalue weighted by atomic mass is 16.2. The first-order valence-electron chi connectivity index (χ1n) is 5.54. The number of nitrogens with zero attached hydrogens (tertiary/aromatic N) is 1. The summed E-state index contributed by atoms with van der Waals surface area (Å²) in [5.74, 6) is -0.155. The van der Waals surface area contributed by atoms with Crippen molar-refractivity contribution in [2.24, 2.45) is 5.73 Å². The minimum absolute atomic E-state index is 0.155. The molecule has 0 radical (unpaired) electrons. The van der Waals surface area contributed by atoms with E-state index in [1.165, 1.54) is 0 Å². The van der Waals surface area contributed by atoms with Crippen molar-refractivity contribution >= 4 is 16.8 Å². The van der Waals surface area contributed by atoms with Crippen molar-refractivity contribution in [3.8, 4) is 0 Å². The third-order valence-electron chi connectivity index (χ3n) is 2.58. The molecule has 0 aliphatic carbocycles. The molecule has 2 aromatic rings. The van der Waals surface area contributed by atoms with Crippen LogP contribution >= 0.6 is 0 Å². The molecule has 17 heavy (non-hydrogen) atoms. The predicted octanol–water partition coefficient (Wildman–Crippen LogP) is 1.20. The fraction of sp³-hybridized carbons (Fsp3) is 0.231. The van der Waals surface area contributed by atoms with Gasteiger partial charge in [-0.2, -0.15) is 0 Å². The summed E-state index contributed by atoms with van der Waals surface area (Å²) < 4.78 is 0. The third-order valence-corrected chi connectivity index (χ3v) is 2.58. The topological polar surface area (TPSA) is 68.0 Å². The SMILES string of the molecule is C[C@@H](N)C(=O)NCc1cccc2cccnc12. The molecule has 1 amide bonds. The molecular formula is C13H15N3O. The molecule has 1 heterocycles. The van der Waals surface area contributed by atoms with Crippen molar-refractivity contribution in [2.75, 3.05) is 0 Å². The van der Waals surface area contributed by atoms with Crippen LogP contribution in [-0.2, 0) is 11.3 Å². The van der Waals surface area contributed by atoms with E-state index in [4.69, 9.17) is 5.73 Å². The Hall–Kier alpha value is -1.94. The maximum atomic E-state index is 11.4. The lowest BCUT2D eigenvalue weighted by atomic mass is 10.1. The van der Waals surface area contributed by atoms with E-state index in [-0.39, 0.29) is 5.91 Å². The van der Waals surface area contributed by atoms with E-state index in [1.807, 2.05) is 30.3 Å². The first-order chi connectivity index (χ1) is 8.18. The number of fused-ring (bicyclic) bond motifs is 1. The molecule has 88 valence electrons. The van der Waals surface area contributed by atoms with Crippen LogP contribution in [0, 0.1) is 0 Å². The summed E-state index contributed by atoms with van der Waals surface area (Å²) in [6, 6.07) is 9.32. The van der Waals surface area contributed by atoms with Gasteiger partial charge in [-0.05, 0) is 18.6 Å². The molecule has 0 bridgehead atoms. The van der Waals surface area contributed by atoms with Gasteiger partial charge in [-0.1, -0.05) is 24.3 Å². The molecule has 0 saturated heterocycles. The molecule has 0 unspecified atom stereocenters. The number of para-hydroxylation sites is 1. The van der Waals surface area contributed by atoms with Crippen LogP contribution in [0.25, 0.3) is 10.9 Å². The first kappa shape index (κ1) is 11.5. The van der Waals surface area contributed by atoms with E-state index in [9.17, 15) is 4.79 Å². The Labute approximate surface area is 99.8 Å². The Morgan fingerprint density at radius 1 is 1.41 bits per heavy atom. The zero-order valence-electron chi connectivity index (χ0n) is 9.68. The van der Waals surface area contributed by atoms with Crippen LogP contribution in [0.2, 0.25) is 0 Å². The molecule has 1 aromatic heterocycles. The highest BCUT2D eigenvalue weighted by Crippen LogP contribution is 2.15. The Bertz CT molecular complexity index is 532. The molecule has 0 aliphatic heterocycles. The van der Waals surface area contributed by atoms with Gasteiger partial charge in [0.05, 0.1) is 11.6 Å². The van der Waals surface area contributed by atoms with Crippen molar-refractivity contribution in [2.45, 2.75) is 19.5 Å². The maximum Gasteiger partial charge on any atom is 0.236 e. The van der Waals surface area contributed by atoms with Crippen molar-refractivity contribution in [1.82, 2.24) is 10.3 Å². The van der Waals surface area contributed by atoms with E-state index in [0.29, 0.717) is 6.54 Å². The zero-order chi connectivity index (χ0) is 12.3. The van der Waals surface area contributed by atoms with Gasteiger partial charge in [0, 0.05) is 18.1 Å². The van der Waals surface area contributed by atoms with Crippen LogP contribution in [0.3, 0.4) is 0 Å². The molecule has 2 rings (SSSR count). The number of carbonyl (C=O) groups is 1. The largest absolute Gasteiger partial charge is 0.351 e. The first-order valence-corrected chi connectivity index (χ1v) is 5.54. The number of rotatable bonds is 3. The quantitative estimate of drug-likeness (QED) is 0.831. The molecule has 4 nitrogen and oxygen atoms in total. The second kappa shape index (κ2) is 4.93. The highest BCUT2D eigenvalue weighted by molar-refractivity contribution is 5.83. The smallest absolute Gasteiger partial charge is 0.236 e. The highest BCUT2D eigenvalue weighted by Gasteiger charge is 2.07.